The summed E-state index contributed by atoms with van der Waals surface area (Å²) < 4.78 is 37.7. The van der Waals surface area contributed by atoms with Crippen molar-refractivity contribution >= 4 is 5.91 Å². The van der Waals surface area contributed by atoms with E-state index in [2.05, 4.69) is 10.6 Å². The zero-order valence-electron chi connectivity index (χ0n) is 10.8. The molecule has 0 bridgehead atoms. The van der Waals surface area contributed by atoms with E-state index in [1.165, 1.54) is 6.07 Å². The molecule has 6 heteroatoms. The van der Waals surface area contributed by atoms with Crippen LogP contribution in [0.2, 0.25) is 0 Å². The Morgan fingerprint density at radius 1 is 1.37 bits per heavy atom. The zero-order chi connectivity index (χ0) is 14.5. The molecule has 0 fully saturated rings. The highest BCUT2D eigenvalue weighted by Crippen LogP contribution is 2.30. The molecule has 0 aliphatic carbocycles. The molecule has 19 heavy (non-hydrogen) atoms. The first-order chi connectivity index (χ1) is 8.84. The van der Waals surface area contributed by atoms with Crippen LogP contribution in [0.25, 0.3) is 0 Å². The zero-order valence-corrected chi connectivity index (χ0v) is 10.8. The molecule has 1 unspecified atom stereocenters. The summed E-state index contributed by atoms with van der Waals surface area (Å²) >= 11 is 0. The quantitative estimate of drug-likeness (QED) is 0.866. The van der Waals surface area contributed by atoms with Gasteiger partial charge in [-0.1, -0.05) is 12.1 Å². The van der Waals surface area contributed by atoms with Gasteiger partial charge in [-0.25, -0.2) is 0 Å². The monoisotopic (exact) mass is 274 g/mol. The maximum absolute atomic E-state index is 12.6. The first-order valence-electron chi connectivity index (χ1n) is 6.01. The maximum atomic E-state index is 12.6. The first kappa shape index (κ1) is 15.5. The standard InChI is InChI=1S/C13H17F3N2O/c1-3-17-12(19)8-18-9(2)10-5-4-6-11(7-10)13(14,15)16/h4-7,9,18H,3,8H2,1-2H3,(H,17,19). The number of carbonyl (C=O) groups excluding carboxylic acids is 1. The Kier molecular flexibility index (Phi) is 5.35. The molecule has 0 aliphatic rings. The maximum Gasteiger partial charge on any atom is 0.416 e. The van der Waals surface area contributed by atoms with Crippen molar-refractivity contribution in [2.24, 2.45) is 0 Å². The fourth-order valence-corrected chi connectivity index (χ4v) is 1.61. The van der Waals surface area contributed by atoms with Crippen molar-refractivity contribution < 1.29 is 18.0 Å². The summed E-state index contributed by atoms with van der Waals surface area (Å²) in [6.07, 6.45) is -4.35. The van der Waals surface area contributed by atoms with Gasteiger partial charge >= 0.3 is 6.18 Å². The normalized spacial score (nSPS) is 13.1. The molecule has 2 N–H and O–H groups in total. The number of hydrogen-bond acceptors (Lipinski definition) is 2. The summed E-state index contributed by atoms with van der Waals surface area (Å²) in [5.74, 6) is -0.179. The van der Waals surface area contributed by atoms with Crippen molar-refractivity contribution in [3.05, 3.63) is 35.4 Å². The Morgan fingerprint density at radius 3 is 2.63 bits per heavy atom. The average Bonchev–Trinajstić information content (AvgIpc) is 2.35. The van der Waals surface area contributed by atoms with Gasteiger partial charge in [-0.3, -0.25) is 4.79 Å². The number of carbonyl (C=O) groups is 1. The van der Waals surface area contributed by atoms with E-state index in [9.17, 15) is 18.0 Å². The number of alkyl halides is 3. The predicted molar refractivity (Wildman–Crippen MR) is 66.5 cm³/mol. The molecule has 0 heterocycles. The molecule has 1 aromatic carbocycles. The second kappa shape index (κ2) is 6.56. The second-order valence-corrected chi connectivity index (χ2v) is 4.18. The lowest BCUT2D eigenvalue weighted by atomic mass is 10.0. The van der Waals surface area contributed by atoms with E-state index in [0.29, 0.717) is 12.1 Å². The average molecular weight is 274 g/mol. The summed E-state index contributed by atoms with van der Waals surface area (Å²) in [5, 5.41) is 5.49. The molecular formula is C13H17F3N2O. The molecule has 3 nitrogen and oxygen atoms in total. The van der Waals surface area contributed by atoms with Crippen molar-refractivity contribution in [1.82, 2.24) is 10.6 Å². The van der Waals surface area contributed by atoms with Gasteiger partial charge in [0.2, 0.25) is 5.91 Å². The molecule has 1 amide bonds. The topological polar surface area (TPSA) is 41.1 Å². The Bertz CT molecular complexity index is 432. The van der Waals surface area contributed by atoms with Crippen LogP contribution in [0.3, 0.4) is 0 Å². The highest BCUT2D eigenvalue weighted by molar-refractivity contribution is 5.77. The molecule has 1 aromatic rings. The van der Waals surface area contributed by atoms with Gasteiger partial charge in [0.25, 0.3) is 0 Å². The summed E-state index contributed by atoms with van der Waals surface area (Å²) in [7, 11) is 0. The lowest BCUT2D eigenvalue weighted by Gasteiger charge is -2.16. The van der Waals surface area contributed by atoms with E-state index < -0.39 is 11.7 Å². The Hall–Kier alpha value is -1.56. The molecule has 1 atom stereocenters. The summed E-state index contributed by atoms with van der Waals surface area (Å²) in [6, 6.07) is 4.76. The number of benzene rings is 1. The van der Waals surface area contributed by atoms with E-state index in [4.69, 9.17) is 0 Å². The number of rotatable bonds is 5. The number of nitrogens with one attached hydrogen (secondary N) is 2. The highest BCUT2D eigenvalue weighted by Gasteiger charge is 2.30. The van der Waals surface area contributed by atoms with Gasteiger partial charge in [0.05, 0.1) is 12.1 Å². The van der Waals surface area contributed by atoms with E-state index >= 15 is 0 Å². The van der Waals surface area contributed by atoms with E-state index in [-0.39, 0.29) is 18.5 Å². The SMILES string of the molecule is CCNC(=O)CNC(C)c1cccc(C(F)(F)F)c1. The van der Waals surface area contributed by atoms with Gasteiger partial charge in [0.1, 0.15) is 0 Å². The molecule has 0 radical (unpaired) electrons. The first-order valence-corrected chi connectivity index (χ1v) is 6.01. The van der Waals surface area contributed by atoms with Gasteiger partial charge < -0.3 is 10.6 Å². The van der Waals surface area contributed by atoms with Crippen LogP contribution < -0.4 is 10.6 Å². The fourth-order valence-electron chi connectivity index (χ4n) is 1.61. The smallest absolute Gasteiger partial charge is 0.355 e. The molecule has 0 aromatic heterocycles. The van der Waals surface area contributed by atoms with Crippen molar-refractivity contribution in [2.75, 3.05) is 13.1 Å². The van der Waals surface area contributed by atoms with Crippen LogP contribution in [0.1, 0.15) is 31.0 Å². The third kappa shape index (κ3) is 4.90. The number of amides is 1. The minimum atomic E-state index is -4.35. The van der Waals surface area contributed by atoms with Gasteiger partial charge in [-0.15, -0.1) is 0 Å². The fraction of sp³-hybridized carbons (Fsp3) is 0.462. The van der Waals surface area contributed by atoms with Crippen LogP contribution in [-0.2, 0) is 11.0 Å². The van der Waals surface area contributed by atoms with Gasteiger partial charge in [-0.05, 0) is 31.5 Å². The predicted octanol–water partition coefficient (Wildman–Crippen LogP) is 2.49. The third-order valence-electron chi connectivity index (χ3n) is 2.66. The van der Waals surface area contributed by atoms with Crippen molar-refractivity contribution in [2.45, 2.75) is 26.1 Å². The molecule has 1 rings (SSSR count). The number of hydrogen-bond donors (Lipinski definition) is 2. The van der Waals surface area contributed by atoms with Gasteiger partial charge in [-0.2, -0.15) is 13.2 Å². The second-order valence-electron chi connectivity index (χ2n) is 4.18. The summed E-state index contributed by atoms with van der Waals surface area (Å²) in [4.78, 5) is 11.3. The van der Waals surface area contributed by atoms with Crippen LogP contribution in [0.15, 0.2) is 24.3 Å². The minimum Gasteiger partial charge on any atom is -0.355 e. The van der Waals surface area contributed by atoms with Crippen LogP contribution in [0.4, 0.5) is 13.2 Å². The van der Waals surface area contributed by atoms with Crippen molar-refractivity contribution in [3.63, 3.8) is 0 Å². The third-order valence-corrected chi connectivity index (χ3v) is 2.66. The van der Waals surface area contributed by atoms with Crippen molar-refractivity contribution in [1.29, 1.82) is 0 Å². The molecule has 0 aliphatic heterocycles. The van der Waals surface area contributed by atoms with E-state index in [1.807, 2.05) is 0 Å². The highest BCUT2D eigenvalue weighted by atomic mass is 19.4. The van der Waals surface area contributed by atoms with E-state index in [0.717, 1.165) is 12.1 Å². The lowest BCUT2D eigenvalue weighted by molar-refractivity contribution is -0.137. The lowest BCUT2D eigenvalue weighted by Crippen LogP contribution is -2.34. The number of likely N-dealkylation sites (N-methyl/N-ethyl adjacent to an activating group) is 1. The molecule has 0 spiro atoms. The summed E-state index contributed by atoms with van der Waals surface area (Å²) in [5.41, 5.74) is -0.184. The van der Waals surface area contributed by atoms with Gasteiger partial charge in [0, 0.05) is 12.6 Å². The molecule has 106 valence electrons. The van der Waals surface area contributed by atoms with Crippen LogP contribution in [0, 0.1) is 0 Å². The van der Waals surface area contributed by atoms with Crippen LogP contribution in [-0.4, -0.2) is 19.0 Å². The van der Waals surface area contributed by atoms with E-state index in [1.54, 1.807) is 19.9 Å². The molecular weight excluding hydrogens is 257 g/mol. The molecule has 0 saturated carbocycles. The summed E-state index contributed by atoms with van der Waals surface area (Å²) in [6.45, 7) is 4.12. The molecule has 0 saturated heterocycles. The van der Waals surface area contributed by atoms with Crippen molar-refractivity contribution in [3.8, 4) is 0 Å². The van der Waals surface area contributed by atoms with Crippen LogP contribution in [0.5, 0.6) is 0 Å². The number of halogens is 3. The van der Waals surface area contributed by atoms with Gasteiger partial charge in [0.15, 0.2) is 0 Å². The minimum absolute atomic E-state index is 0.0747. The van der Waals surface area contributed by atoms with Crippen LogP contribution >= 0.6 is 0 Å². The Balaban J connectivity index is 2.67. The Morgan fingerprint density at radius 2 is 2.05 bits per heavy atom. The Labute approximate surface area is 110 Å². The largest absolute Gasteiger partial charge is 0.416 e.